The molecule has 2 aromatic heterocycles. The molecule has 3 aliphatic heterocycles. The highest BCUT2D eigenvalue weighted by Crippen LogP contribution is 2.39. The van der Waals surface area contributed by atoms with Crippen LogP contribution in [0.3, 0.4) is 0 Å². The molecule has 3 saturated heterocycles. The second kappa shape index (κ2) is 7.28. The molecule has 162 valence electrons. The van der Waals surface area contributed by atoms with Crippen LogP contribution in [0.1, 0.15) is 61.5 Å². The number of nitrogens with zero attached hydrogens (tertiary/aromatic N) is 4. The van der Waals surface area contributed by atoms with E-state index >= 15 is 0 Å². The van der Waals surface area contributed by atoms with Crippen LogP contribution in [0, 0.1) is 6.92 Å². The van der Waals surface area contributed by atoms with E-state index in [1.165, 1.54) is 4.90 Å². The lowest BCUT2D eigenvalue weighted by Gasteiger charge is -2.41. The minimum Gasteiger partial charge on any atom is -0.332 e. The van der Waals surface area contributed by atoms with Crippen LogP contribution in [-0.4, -0.2) is 55.2 Å². The molecular formula is C23H26N4O4. The second-order valence-corrected chi connectivity index (χ2v) is 8.86. The predicted octanol–water partition coefficient (Wildman–Crippen LogP) is 2.01. The molecule has 2 atom stereocenters. The molecule has 2 bridgehead atoms. The minimum absolute atomic E-state index is 0.0567. The van der Waals surface area contributed by atoms with Crippen molar-refractivity contribution in [3.05, 3.63) is 39.8 Å². The number of fused-ring (bicyclic) bond motifs is 3. The second-order valence-electron chi connectivity index (χ2n) is 8.86. The zero-order valence-corrected chi connectivity index (χ0v) is 17.8. The molecule has 3 amide bonds. The maximum atomic E-state index is 13.6. The third-order valence-corrected chi connectivity index (χ3v) is 7.03. The van der Waals surface area contributed by atoms with E-state index in [4.69, 9.17) is 0 Å². The normalized spacial score (nSPS) is 25.7. The van der Waals surface area contributed by atoms with Gasteiger partial charge >= 0.3 is 0 Å². The predicted molar refractivity (Wildman–Crippen MR) is 114 cm³/mol. The number of piperidine rings is 1. The van der Waals surface area contributed by atoms with Gasteiger partial charge in [-0.3, -0.25) is 24.1 Å². The van der Waals surface area contributed by atoms with Gasteiger partial charge in [-0.2, -0.15) is 0 Å². The molecule has 2 aromatic rings. The first-order valence-electron chi connectivity index (χ1n) is 11.1. The van der Waals surface area contributed by atoms with Crippen LogP contribution < -0.4 is 5.43 Å². The number of pyridine rings is 2. The van der Waals surface area contributed by atoms with Gasteiger partial charge in [0.2, 0.25) is 17.2 Å². The van der Waals surface area contributed by atoms with Crippen molar-refractivity contribution in [2.75, 3.05) is 0 Å². The van der Waals surface area contributed by atoms with Gasteiger partial charge < -0.3 is 9.47 Å². The smallest absolute Gasteiger partial charge is 0.259 e. The molecule has 3 aliphatic rings. The summed E-state index contributed by atoms with van der Waals surface area (Å²) in [6.45, 7) is 4.43. The Kier molecular flexibility index (Phi) is 4.68. The summed E-state index contributed by atoms with van der Waals surface area (Å²) in [7, 11) is 0. The van der Waals surface area contributed by atoms with E-state index in [1.807, 2.05) is 23.3 Å². The van der Waals surface area contributed by atoms with Crippen LogP contribution in [0.15, 0.2) is 23.1 Å². The lowest BCUT2D eigenvalue weighted by molar-refractivity contribution is -0.142. The van der Waals surface area contributed by atoms with Gasteiger partial charge in [0.15, 0.2) is 0 Å². The van der Waals surface area contributed by atoms with Crippen molar-refractivity contribution in [3.8, 4) is 0 Å². The number of hydrogen-bond acceptors (Lipinski definition) is 5. The Morgan fingerprint density at radius 1 is 1.03 bits per heavy atom. The molecule has 0 aromatic carbocycles. The summed E-state index contributed by atoms with van der Waals surface area (Å²) < 4.78 is 1.85. The number of amides is 3. The third kappa shape index (κ3) is 3.07. The van der Waals surface area contributed by atoms with Crippen molar-refractivity contribution >= 4 is 28.8 Å². The van der Waals surface area contributed by atoms with Crippen molar-refractivity contribution < 1.29 is 14.4 Å². The zero-order chi connectivity index (χ0) is 21.9. The number of rotatable bonds is 3. The molecule has 5 rings (SSSR count). The number of hydrogen-bond donors (Lipinski definition) is 0. The van der Waals surface area contributed by atoms with E-state index in [1.54, 1.807) is 18.3 Å². The number of likely N-dealkylation sites (tertiary alicyclic amines) is 1. The van der Waals surface area contributed by atoms with Crippen LogP contribution in [0.4, 0.5) is 0 Å². The molecule has 0 spiro atoms. The van der Waals surface area contributed by atoms with Crippen LogP contribution >= 0.6 is 0 Å². The first-order valence-corrected chi connectivity index (χ1v) is 11.1. The Labute approximate surface area is 179 Å². The van der Waals surface area contributed by atoms with Crippen LogP contribution in [0.5, 0.6) is 0 Å². The number of aromatic nitrogens is 2. The molecule has 8 nitrogen and oxygen atoms in total. The Morgan fingerprint density at radius 3 is 2.29 bits per heavy atom. The van der Waals surface area contributed by atoms with Crippen LogP contribution in [0.25, 0.3) is 11.0 Å². The Hall–Kier alpha value is -3.03. The average molecular weight is 422 g/mol. The molecule has 0 aliphatic carbocycles. The largest absolute Gasteiger partial charge is 0.332 e. The standard InChI is InChI=1S/C23H26N4O4/c1-3-25-12-18(21(30)17-7-4-13(2)24-22(17)25)23(31)26-14-5-6-15(26)11-16(10-14)27-19(28)8-9-20(27)29/h4,7,12,14-16H,3,5-6,8-11H2,1-2H3. The highest BCUT2D eigenvalue weighted by Gasteiger charge is 2.48. The lowest BCUT2D eigenvalue weighted by Crippen LogP contribution is -2.54. The van der Waals surface area contributed by atoms with E-state index in [0.717, 1.165) is 18.5 Å². The summed E-state index contributed by atoms with van der Waals surface area (Å²) in [5.74, 6) is -0.450. The third-order valence-electron chi connectivity index (χ3n) is 7.03. The highest BCUT2D eigenvalue weighted by atomic mass is 16.2. The molecule has 0 N–H and O–H groups in total. The number of carbonyl (C=O) groups is 3. The SMILES string of the molecule is CCn1cc(C(=O)N2C3CCC2CC(N2C(=O)CCC2=O)C3)c(=O)c2ccc(C)nc21. The van der Waals surface area contributed by atoms with E-state index in [2.05, 4.69) is 4.98 Å². The quantitative estimate of drug-likeness (QED) is 0.706. The first-order chi connectivity index (χ1) is 14.9. The maximum absolute atomic E-state index is 13.6. The lowest BCUT2D eigenvalue weighted by atomic mass is 9.95. The van der Waals surface area contributed by atoms with Crippen molar-refractivity contribution in [1.82, 2.24) is 19.4 Å². The van der Waals surface area contributed by atoms with Crippen molar-refractivity contribution in [3.63, 3.8) is 0 Å². The van der Waals surface area contributed by atoms with Crippen molar-refractivity contribution in [2.24, 2.45) is 0 Å². The van der Waals surface area contributed by atoms with Gasteiger partial charge in [0.25, 0.3) is 5.91 Å². The molecule has 3 fully saturated rings. The summed E-state index contributed by atoms with van der Waals surface area (Å²) in [4.78, 5) is 58.9. The van der Waals surface area contributed by atoms with Gasteiger partial charge in [0, 0.05) is 49.4 Å². The van der Waals surface area contributed by atoms with Crippen LogP contribution in [-0.2, 0) is 16.1 Å². The van der Waals surface area contributed by atoms with E-state index < -0.39 is 0 Å². The molecule has 8 heteroatoms. The van der Waals surface area contributed by atoms with Crippen molar-refractivity contribution in [2.45, 2.75) is 77.0 Å². The van der Waals surface area contributed by atoms with Gasteiger partial charge in [-0.1, -0.05) is 0 Å². The summed E-state index contributed by atoms with van der Waals surface area (Å²) in [5, 5.41) is 0.453. The molecule has 31 heavy (non-hydrogen) atoms. The Balaban J connectivity index is 1.48. The zero-order valence-electron chi connectivity index (χ0n) is 17.8. The topological polar surface area (TPSA) is 92.6 Å². The van der Waals surface area contributed by atoms with Crippen LogP contribution in [0.2, 0.25) is 0 Å². The van der Waals surface area contributed by atoms with Gasteiger partial charge in [-0.05, 0) is 51.7 Å². The van der Waals surface area contributed by atoms with Gasteiger partial charge in [0.05, 0.1) is 5.39 Å². The number of carbonyl (C=O) groups excluding carboxylic acids is 3. The minimum atomic E-state index is -0.288. The highest BCUT2D eigenvalue weighted by molar-refractivity contribution is 6.02. The van der Waals surface area contributed by atoms with Crippen molar-refractivity contribution in [1.29, 1.82) is 0 Å². The van der Waals surface area contributed by atoms with E-state index in [9.17, 15) is 19.2 Å². The average Bonchev–Trinajstić information content (AvgIpc) is 3.22. The summed E-state index contributed by atoms with van der Waals surface area (Å²) >= 11 is 0. The number of imide groups is 1. The first kappa shape index (κ1) is 19.9. The fourth-order valence-corrected chi connectivity index (χ4v) is 5.58. The fraction of sp³-hybridized carbons (Fsp3) is 0.522. The summed E-state index contributed by atoms with van der Waals surface area (Å²) in [6, 6.07) is 3.28. The monoisotopic (exact) mass is 422 g/mol. The van der Waals surface area contributed by atoms with E-state index in [0.29, 0.717) is 30.4 Å². The molecule has 2 unspecified atom stereocenters. The van der Waals surface area contributed by atoms with E-state index in [-0.39, 0.29) is 59.7 Å². The molecular weight excluding hydrogens is 396 g/mol. The Bertz CT molecular complexity index is 1140. The molecule has 0 radical (unpaired) electrons. The summed E-state index contributed by atoms with van der Waals surface area (Å²) in [6.07, 6.45) is 5.06. The van der Waals surface area contributed by atoms with Gasteiger partial charge in [-0.15, -0.1) is 0 Å². The summed E-state index contributed by atoms with van der Waals surface area (Å²) in [5.41, 5.74) is 1.29. The number of aryl methyl sites for hydroxylation is 2. The molecule has 5 heterocycles. The Morgan fingerprint density at radius 2 is 1.68 bits per heavy atom. The van der Waals surface area contributed by atoms with Gasteiger partial charge in [-0.25, -0.2) is 4.98 Å². The fourth-order valence-electron chi connectivity index (χ4n) is 5.58. The van der Waals surface area contributed by atoms with Gasteiger partial charge in [0.1, 0.15) is 11.2 Å². The maximum Gasteiger partial charge on any atom is 0.259 e. The molecule has 0 saturated carbocycles.